The maximum absolute atomic E-state index is 12.2. The van der Waals surface area contributed by atoms with Crippen molar-refractivity contribution in [3.05, 3.63) is 86.5 Å². The number of hydrogen-bond acceptors (Lipinski definition) is 5. The van der Waals surface area contributed by atoms with E-state index in [9.17, 15) is 9.59 Å². The summed E-state index contributed by atoms with van der Waals surface area (Å²) in [4.78, 5) is 29.7. The molecular formula is C21H16Cl2N4O3S. The third-order valence-electron chi connectivity index (χ3n) is 4.20. The van der Waals surface area contributed by atoms with Crippen molar-refractivity contribution < 1.29 is 9.32 Å². The quantitative estimate of drug-likeness (QED) is 0.354. The number of halogens is 2. The molecule has 7 nitrogen and oxygen atoms in total. The van der Waals surface area contributed by atoms with Crippen LogP contribution in [-0.2, 0) is 5.75 Å². The first kappa shape index (κ1) is 21.3. The molecule has 0 atom stereocenters. The van der Waals surface area contributed by atoms with Crippen LogP contribution >= 0.6 is 35.0 Å². The van der Waals surface area contributed by atoms with E-state index < -0.39 is 6.03 Å². The van der Waals surface area contributed by atoms with Crippen molar-refractivity contribution in [2.75, 3.05) is 10.6 Å². The summed E-state index contributed by atoms with van der Waals surface area (Å²) in [6.45, 7) is 1.77. The standard InChI is InChI=1S/C21H16Cl2N4O3S/c1-12-8-19-24-15(10-20(28)27(19)30-12)11-31-16-5-3-14(4-6-16)25-21(29)26-18-9-13(22)2-7-17(18)23/h2-10H,11H2,1H3,(H2,25,26,29). The predicted octanol–water partition coefficient (Wildman–Crippen LogP) is 5.84. The molecule has 158 valence electrons. The van der Waals surface area contributed by atoms with E-state index in [1.807, 2.05) is 12.1 Å². The number of aryl methyl sites for hydroxylation is 1. The molecule has 2 aromatic carbocycles. The Hall–Kier alpha value is -2.94. The molecule has 0 saturated heterocycles. The molecule has 2 amide bonds. The summed E-state index contributed by atoms with van der Waals surface area (Å²) in [6.07, 6.45) is 0. The van der Waals surface area contributed by atoms with E-state index in [2.05, 4.69) is 15.6 Å². The van der Waals surface area contributed by atoms with Gasteiger partial charge >= 0.3 is 6.03 Å². The van der Waals surface area contributed by atoms with E-state index in [0.717, 1.165) is 4.90 Å². The Labute approximate surface area is 191 Å². The molecule has 4 aromatic rings. The number of aromatic nitrogens is 2. The van der Waals surface area contributed by atoms with Gasteiger partial charge in [0.05, 0.1) is 16.4 Å². The topological polar surface area (TPSA) is 88.6 Å². The Morgan fingerprint density at radius 1 is 1.10 bits per heavy atom. The zero-order chi connectivity index (χ0) is 22.0. The SMILES string of the molecule is Cc1cc2nc(CSc3ccc(NC(=O)Nc4cc(Cl)ccc4Cl)cc3)cc(=O)n2o1. The van der Waals surface area contributed by atoms with Gasteiger partial charge in [0.25, 0.3) is 5.56 Å². The zero-order valence-corrected chi connectivity index (χ0v) is 18.5. The van der Waals surface area contributed by atoms with E-state index in [1.165, 1.54) is 22.4 Å². The smallest absolute Gasteiger partial charge is 0.323 e. The molecule has 4 rings (SSSR count). The number of carbonyl (C=O) groups excluding carboxylic acids is 1. The van der Waals surface area contributed by atoms with Crippen LogP contribution in [0.5, 0.6) is 0 Å². The lowest BCUT2D eigenvalue weighted by atomic mass is 10.3. The highest BCUT2D eigenvalue weighted by atomic mass is 35.5. The molecule has 2 heterocycles. The molecule has 2 N–H and O–H groups in total. The first-order chi connectivity index (χ1) is 14.9. The van der Waals surface area contributed by atoms with Crippen molar-refractivity contribution in [1.29, 1.82) is 0 Å². The van der Waals surface area contributed by atoms with E-state index in [-0.39, 0.29) is 5.56 Å². The van der Waals surface area contributed by atoms with E-state index >= 15 is 0 Å². The normalized spacial score (nSPS) is 10.9. The lowest BCUT2D eigenvalue weighted by Crippen LogP contribution is -2.19. The number of thioether (sulfide) groups is 1. The number of hydrogen-bond donors (Lipinski definition) is 2. The summed E-state index contributed by atoms with van der Waals surface area (Å²) in [5, 5.41) is 6.27. The number of benzene rings is 2. The minimum absolute atomic E-state index is 0.251. The van der Waals surface area contributed by atoms with E-state index in [0.29, 0.717) is 44.3 Å². The van der Waals surface area contributed by atoms with Crippen LogP contribution < -0.4 is 16.2 Å². The predicted molar refractivity (Wildman–Crippen MR) is 124 cm³/mol. The number of anilines is 2. The highest BCUT2D eigenvalue weighted by Crippen LogP contribution is 2.26. The van der Waals surface area contributed by atoms with Crippen LogP contribution in [0.4, 0.5) is 16.2 Å². The van der Waals surface area contributed by atoms with Crippen LogP contribution in [-0.4, -0.2) is 15.6 Å². The Morgan fingerprint density at radius 3 is 2.65 bits per heavy atom. The minimum atomic E-state index is -0.432. The van der Waals surface area contributed by atoms with E-state index in [1.54, 1.807) is 43.3 Å². The summed E-state index contributed by atoms with van der Waals surface area (Å²) < 4.78 is 6.46. The highest BCUT2D eigenvalue weighted by Gasteiger charge is 2.09. The largest absolute Gasteiger partial charge is 0.375 e. The van der Waals surface area contributed by atoms with E-state index in [4.69, 9.17) is 27.7 Å². The average Bonchev–Trinajstić information content (AvgIpc) is 3.11. The van der Waals surface area contributed by atoms with Gasteiger partial charge in [-0.1, -0.05) is 23.2 Å². The van der Waals surface area contributed by atoms with Gasteiger partial charge in [0, 0.05) is 33.5 Å². The molecule has 0 unspecified atom stereocenters. The fraction of sp³-hybridized carbons (Fsp3) is 0.0952. The molecule has 0 aliphatic carbocycles. The van der Waals surface area contributed by atoms with Gasteiger partial charge in [-0.25, -0.2) is 9.78 Å². The Morgan fingerprint density at radius 2 is 1.87 bits per heavy atom. The first-order valence-corrected chi connectivity index (χ1v) is 10.9. The second kappa shape index (κ2) is 9.05. The van der Waals surface area contributed by atoms with Crippen molar-refractivity contribution >= 4 is 58.0 Å². The molecule has 10 heteroatoms. The second-order valence-corrected chi connectivity index (χ2v) is 8.49. The molecule has 31 heavy (non-hydrogen) atoms. The molecular weight excluding hydrogens is 459 g/mol. The number of nitrogens with zero attached hydrogens (tertiary/aromatic N) is 2. The fourth-order valence-electron chi connectivity index (χ4n) is 2.82. The number of urea groups is 1. The van der Waals surface area contributed by atoms with Gasteiger partial charge in [0.15, 0.2) is 5.65 Å². The molecule has 0 saturated carbocycles. The number of amides is 2. The van der Waals surface area contributed by atoms with Gasteiger partial charge in [0.1, 0.15) is 5.76 Å². The van der Waals surface area contributed by atoms with Gasteiger partial charge in [-0.05, 0) is 49.4 Å². The third-order valence-corrected chi connectivity index (χ3v) is 5.81. The van der Waals surface area contributed by atoms with Crippen LogP contribution in [0.2, 0.25) is 10.0 Å². The fourth-order valence-corrected chi connectivity index (χ4v) is 3.95. The summed E-state index contributed by atoms with van der Waals surface area (Å²) in [6, 6.07) is 14.9. The molecule has 0 aliphatic rings. The van der Waals surface area contributed by atoms with Crippen molar-refractivity contribution in [1.82, 2.24) is 9.56 Å². The Bertz CT molecular complexity index is 1320. The van der Waals surface area contributed by atoms with Gasteiger partial charge in [-0.3, -0.25) is 4.79 Å². The number of nitrogens with one attached hydrogen (secondary N) is 2. The summed E-state index contributed by atoms with van der Waals surface area (Å²) in [7, 11) is 0. The highest BCUT2D eigenvalue weighted by molar-refractivity contribution is 7.98. The molecule has 0 aliphatic heterocycles. The van der Waals surface area contributed by atoms with Gasteiger partial charge in [-0.2, -0.15) is 0 Å². The monoisotopic (exact) mass is 474 g/mol. The van der Waals surface area contributed by atoms with Crippen LogP contribution in [0, 0.1) is 6.92 Å². The summed E-state index contributed by atoms with van der Waals surface area (Å²) in [5.41, 5.74) is 1.94. The second-order valence-electron chi connectivity index (χ2n) is 6.60. The molecule has 0 radical (unpaired) electrons. The number of fused-ring (bicyclic) bond motifs is 1. The summed E-state index contributed by atoms with van der Waals surface area (Å²) in [5.74, 6) is 1.15. The maximum atomic E-state index is 12.2. The third kappa shape index (κ3) is 5.22. The van der Waals surface area contributed by atoms with Gasteiger partial charge < -0.3 is 15.2 Å². The molecule has 0 bridgehead atoms. The van der Waals surface area contributed by atoms with Gasteiger partial charge in [-0.15, -0.1) is 16.3 Å². The average molecular weight is 475 g/mol. The van der Waals surface area contributed by atoms with Crippen molar-refractivity contribution in [2.24, 2.45) is 0 Å². The van der Waals surface area contributed by atoms with Crippen molar-refractivity contribution in [3.63, 3.8) is 0 Å². The Balaban J connectivity index is 1.36. The first-order valence-electron chi connectivity index (χ1n) is 9.13. The molecule has 2 aromatic heterocycles. The van der Waals surface area contributed by atoms with Crippen LogP contribution in [0.15, 0.2) is 68.8 Å². The minimum Gasteiger partial charge on any atom is -0.375 e. The maximum Gasteiger partial charge on any atom is 0.323 e. The van der Waals surface area contributed by atoms with Crippen molar-refractivity contribution in [2.45, 2.75) is 17.6 Å². The van der Waals surface area contributed by atoms with Crippen molar-refractivity contribution in [3.8, 4) is 0 Å². The lowest BCUT2D eigenvalue weighted by Gasteiger charge is -2.10. The molecule has 0 spiro atoms. The van der Waals surface area contributed by atoms with Crippen LogP contribution in [0.3, 0.4) is 0 Å². The Kier molecular flexibility index (Phi) is 6.22. The number of carbonyl (C=O) groups is 1. The number of rotatable bonds is 5. The molecule has 0 fully saturated rings. The van der Waals surface area contributed by atoms with Crippen LogP contribution in [0.1, 0.15) is 11.5 Å². The zero-order valence-electron chi connectivity index (χ0n) is 16.2. The van der Waals surface area contributed by atoms with Crippen LogP contribution in [0.25, 0.3) is 5.65 Å². The summed E-state index contributed by atoms with van der Waals surface area (Å²) >= 11 is 13.5. The lowest BCUT2D eigenvalue weighted by molar-refractivity contribution is 0.262. The van der Waals surface area contributed by atoms with Gasteiger partial charge in [0.2, 0.25) is 0 Å².